The van der Waals surface area contributed by atoms with E-state index in [1.54, 1.807) is 0 Å². The topological polar surface area (TPSA) is 43.5 Å². The predicted octanol–water partition coefficient (Wildman–Crippen LogP) is 5.93. The third-order valence-corrected chi connectivity index (χ3v) is 6.06. The lowest BCUT2D eigenvalue weighted by molar-refractivity contribution is 0.263. The first-order valence-electron chi connectivity index (χ1n) is 12.0. The lowest BCUT2D eigenvalue weighted by Gasteiger charge is -2.19. The average molecular weight is 425 g/mol. The molecule has 0 saturated carbocycles. The molecule has 2 aromatic carbocycles. The highest BCUT2D eigenvalue weighted by atomic mass is 16.6. The Bertz CT molecular complexity index is 780. The van der Waals surface area contributed by atoms with Gasteiger partial charge in [0, 0.05) is 0 Å². The van der Waals surface area contributed by atoms with Crippen LogP contribution in [0.5, 0.6) is 11.5 Å². The summed E-state index contributed by atoms with van der Waals surface area (Å²) >= 11 is 0. The normalized spacial score (nSPS) is 20.3. The maximum absolute atomic E-state index is 5.90. The van der Waals surface area contributed by atoms with Crippen LogP contribution in [0.15, 0.2) is 48.5 Å². The molecule has 168 valence electrons. The van der Waals surface area contributed by atoms with Crippen LogP contribution in [0.3, 0.4) is 0 Å². The van der Waals surface area contributed by atoms with Crippen LogP contribution in [0, 0.1) is 0 Å². The number of epoxide rings is 2. The molecular weight excluding hydrogens is 388 g/mol. The molecule has 4 heteroatoms. The summed E-state index contributed by atoms with van der Waals surface area (Å²) < 4.78 is 22.2. The molecule has 0 amide bonds. The van der Waals surface area contributed by atoms with E-state index in [1.165, 1.54) is 49.7 Å². The first-order chi connectivity index (χ1) is 15.3. The van der Waals surface area contributed by atoms with Gasteiger partial charge in [0.25, 0.3) is 0 Å². The Morgan fingerprint density at radius 3 is 2.19 bits per heavy atom. The Kier molecular flexibility index (Phi) is 8.25. The van der Waals surface area contributed by atoms with Crippen molar-refractivity contribution < 1.29 is 18.9 Å². The minimum Gasteiger partial charge on any atom is -0.491 e. The van der Waals surface area contributed by atoms with E-state index < -0.39 is 0 Å². The maximum atomic E-state index is 5.90. The van der Waals surface area contributed by atoms with Gasteiger partial charge in [-0.05, 0) is 54.2 Å². The smallest absolute Gasteiger partial charge is 0.119 e. The van der Waals surface area contributed by atoms with Gasteiger partial charge in [-0.2, -0.15) is 0 Å². The molecule has 2 saturated heterocycles. The monoisotopic (exact) mass is 424 g/mol. The van der Waals surface area contributed by atoms with Crippen LogP contribution < -0.4 is 9.47 Å². The van der Waals surface area contributed by atoms with Crippen molar-refractivity contribution in [3.05, 3.63) is 59.7 Å². The molecule has 2 aliphatic rings. The third kappa shape index (κ3) is 7.86. The standard InChI is InChI=1S/C27H36O4/c1-2-3-4-5-6-9-23(22-11-13-24(14-12-22)28-17-26-19-30-26)15-21-8-7-10-25(16-21)29-18-27-20-31-27/h7-8,10-14,16,23,26-27H,2-6,9,15,17-20H2,1H3. The van der Waals surface area contributed by atoms with Crippen LogP contribution in [-0.4, -0.2) is 38.6 Å². The fraction of sp³-hybridized carbons (Fsp3) is 0.556. The van der Waals surface area contributed by atoms with Crippen molar-refractivity contribution in [1.82, 2.24) is 0 Å². The summed E-state index contributed by atoms with van der Waals surface area (Å²) in [5.41, 5.74) is 2.72. The molecule has 3 unspecified atom stereocenters. The highest BCUT2D eigenvalue weighted by molar-refractivity contribution is 5.33. The van der Waals surface area contributed by atoms with Crippen molar-refractivity contribution in [2.24, 2.45) is 0 Å². The Morgan fingerprint density at radius 1 is 0.839 bits per heavy atom. The summed E-state index contributed by atoms with van der Waals surface area (Å²) in [5.74, 6) is 2.38. The highest BCUT2D eigenvalue weighted by Crippen LogP contribution is 2.30. The molecule has 3 atom stereocenters. The van der Waals surface area contributed by atoms with Crippen LogP contribution in [-0.2, 0) is 15.9 Å². The van der Waals surface area contributed by atoms with Crippen LogP contribution in [0.1, 0.15) is 62.5 Å². The second-order valence-electron chi connectivity index (χ2n) is 8.85. The Balaban J connectivity index is 1.37. The summed E-state index contributed by atoms with van der Waals surface area (Å²) in [7, 11) is 0. The molecule has 2 heterocycles. The van der Waals surface area contributed by atoms with Crippen LogP contribution in [0.25, 0.3) is 0 Å². The van der Waals surface area contributed by atoms with E-state index in [-0.39, 0.29) is 12.2 Å². The number of rotatable bonds is 15. The Morgan fingerprint density at radius 2 is 1.52 bits per heavy atom. The summed E-state index contributed by atoms with van der Waals surface area (Å²) in [5, 5.41) is 0. The van der Waals surface area contributed by atoms with Crippen LogP contribution in [0.4, 0.5) is 0 Å². The van der Waals surface area contributed by atoms with E-state index in [4.69, 9.17) is 18.9 Å². The first-order valence-corrected chi connectivity index (χ1v) is 12.0. The lowest BCUT2D eigenvalue weighted by Crippen LogP contribution is -2.07. The van der Waals surface area contributed by atoms with Gasteiger partial charge in [0.15, 0.2) is 0 Å². The number of ether oxygens (including phenoxy) is 4. The van der Waals surface area contributed by atoms with E-state index in [0.717, 1.165) is 31.1 Å². The van der Waals surface area contributed by atoms with Crippen molar-refractivity contribution in [2.45, 2.75) is 70.0 Å². The minimum atomic E-state index is 0.284. The van der Waals surface area contributed by atoms with Gasteiger partial charge in [-0.25, -0.2) is 0 Å². The molecule has 0 N–H and O–H groups in total. The molecule has 31 heavy (non-hydrogen) atoms. The van der Waals surface area contributed by atoms with Gasteiger partial charge in [-0.1, -0.05) is 63.3 Å². The molecule has 2 aliphatic heterocycles. The van der Waals surface area contributed by atoms with E-state index in [1.807, 2.05) is 6.07 Å². The number of hydrogen-bond donors (Lipinski definition) is 0. The first kappa shape index (κ1) is 22.2. The molecule has 0 spiro atoms. The second-order valence-corrected chi connectivity index (χ2v) is 8.85. The van der Waals surface area contributed by atoms with Crippen molar-refractivity contribution in [3.8, 4) is 11.5 Å². The SMILES string of the molecule is CCCCCCCC(Cc1cccc(OCC2CO2)c1)c1ccc(OCC2CO2)cc1. The van der Waals surface area contributed by atoms with Crippen molar-refractivity contribution in [2.75, 3.05) is 26.4 Å². The molecule has 4 nitrogen and oxygen atoms in total. The fourth-order valence-corrected chi connectivity index (χ4v) is 3.97. The van der Waals surface area contributed by atoms with E-state index in [2.05, 4.69) is 49.4 Å². The number of unbranched alkanes of at least 4 members (excludes halogenated alkanes) is 4. The van der Waals surface area contributed by atoms with Gasteiger partial charge < -0.3 is 18.9 Å². The van der Waals surface area contributed by atoms with Crippen molar-refractivity contribution in [3.63, 3.8) is 0 Å². The molecule has 0 aromatic heterocycles. The lowest BCUT2D eigenvalue weighted by atomic mass is 9.87. The quantitative estimate of drug-likeness (QED) is 0.263. The zero-order chi connectivity index (χ0) is 21.3. The minimum absolute atomic E-state index is 0.284. The van der Waals surface area contributed by atoms with E-state index in [0.29, 0.717) is 19.1 Å². The van der Waals surface area contributed by atoms with Crippen molar-refractivity contribution >= 4 is 0 Å². The predicted molar refractivity (Wildman–Crippen MR) is 123 cm³/mol. The summed E-state index contributed by atoms with van der Waals surface area (Å²) in [4.78, 5) is 0. The Labute approximate surface area is 186 Å². The van der Waals surface area contributed by atoms with E-state index in [9.17, 15) is 0 Å². The van der Waals surface area contributed by atoms with Gasteiger partial charge in [0.2, 0.25) is 0 Å². The van der Waals surface area contributed by atoms with Gasteiger partial charge in [0.1, 0.15) is 36.9 Å². The molecule has 2 aromatic rings. The Hall–Kier alpha value is -2.04. The van der Waals surface area contributed by atoms with Gasteiger partial charge in [-0.3, -0.25) is 0 Å². The zero-order valence-electron chi connectivity index (χ0n) is 18.8. The molecule has 0 bridgehead atoms. The van der Waals surface area contributed by atoms with Crippen LogP contribution >= 0.6 is 0 Å². The highest BCUT2D eigenvalue weighted by Gasteiger charge is 2.24. The van der Waals surface area contributed by atoms with Gasteiger partial charge in [0.05, 0.1) is 13.2 Å². The summed E-state index contributed by atoms with van der Waals surface area (Å²) in [6.07, 6.45) is 9.37. The van der Waals surface area contributed by atoms with Gasteiger partial charge in [-0.15, -0.1) is 0 Å². The third-order valence-electron chi connectivity index (χ3n) is 6.06. The summed E-state index contributed by atoms with van der Waals surface area (Å²) in [6, 6.07) is 17.3. The molecule has 2 fully saturated rings. The summed E-state index contributed by atoms with van der Waals surface area (Å²) in [6.45, 7) is 5.23. The van der Waals surface area contributed by atoms with Crippen LogP contribution in [0.2, 0.25) is 0 Å². The largest absolute Gasteiger partial charge is 0.491 e. The molecular formula is C27H36O4. The molecule has 0 aliphatic carbocycles. The zero-order valence-corrected chi connectivity index (χ0v) is 18.8. The second kappa shape index (κ2) is 11.5. The fourth-order valence-electron chi connectivity index (χ4n) is 3.97. The molecule has 4 rings (SSSR count). The van der Waals surface area contributed by atoms with E-state index >= 15 is 0 Å². The molecule has 0 radical (unpaired) electrons. The maximum Gasteiger partial charge on any atom is 0.119 e. The van der Waals surface area contributed by atoms with Gasteiger partial charge >= 0.3 is 0 Å². The number of benzene rings is 2. The average Bonchev–Trinajstić information content (AvgIpc) is 3.71. The number of hydrogen-bond acceptors (Lipinski definition) is 4. The van der Waals surface area contributed by atoms with Crippen molar-refractivity contribution in [1.29, 1.82) is 0 Å².